The normalized spacial score (nSPS) is 20.3. The molecule has 4 rings (SSSR count). The lowest BCUT2D eigenvalue weighted by atomic mass is 9.92. The second-order valence-corrected chi connectivity index (χ2v) is 7.71. The van der Waals surface area contributed by atoms with Gasteiger partial charge in [0.05, 0.1) is 6.20 Å². The highest BCUT2D eigenvalue weighted by molar-refractivity contribution is 5.99. The molecule has 0 aliphatic carbocycles. The molecule has 0 aromatic carbocycles. The number of hydrogen-bond donors (Lipinski definition) is 1. The molecule has 154 valence electrons. The van der Waals surface area contributed by atoms with Gasteiger partial charge in [0.25, 0.3) is 5.91 Å². The number of likely N-dealkylation sites (tertiary alicyclic amines) is 2. The highest BCUT2D eigenvalue weighted by atomic mass is 16.2. The van der Waals surface area contributed by atoms with Crippen molar-refractivity contribution in [2.45, 2.75) is 44.6 Å². The van der Waals surface area contributed by atoms with Crippen molar-refractivity contribution < 1.29 is 14.4 Å². The molecule has 1 N–H and O–H groups in total. The lowest BCUT2D eigenvalue weighted by Crippen LogP contribution is -2.49. The van der Waals surface area contributed by atoms with Gasteiger partial charge in [0, 0.05) is 51.4 Å². The molecule has 0 unspecified atom stereocenters. The average Bonchev–Trinajstić information content (AvgIpc) is 3.40. The summed E-state index contributed by atoms with van der Waals surface area (Å²) in [5.74, 6) is 0.0589. The number of piperidine rings is 1. The summed E-state index contributed by atoms with van der Waals surface area (Å²) in [5, 5.41) is 6.99. The Morgan fingerprint density at radius 1 is 1.14 bits per heavy atom. The second kappa shape index (κ2) is 7.81. The molecule has 29 heavy (non-hydrogen) atoms. The summed E-state index contributed by atoms with van der Waals surface area (Å²) >= 11 is 0. The third-order valence-corrected chi connectivity index (χ3v) is 6.07. The van der Waals surface area contributed by atoms with Crippen LogP contribution < -0.4 is 5.32 Å². The summed E-state index contributed by atoms with van der Waals surface area (Å²) in [6, 6.07) is 1.63. The minimum absolute atomic E-state index is 0.0273. The summed E-state index contributed by atoms with van der Waals surface area (Å²) in [6.45, 7) is 3.51. The van der Waals surface area contributed by atoms with E-state index >= 15 is 0 Å². The van der Waals surface area contributed by atoms with E-state index in [0.717, 1.165) is 31.4 Å². The number of fused-ring (bicyclic) bond motifs is 1. The van der Waals surface area contributed by atoms with Crippen LogP contribution in [0.5, 0.6) is 0 Å². The number of nitrogens with zero attached hydrogens (tertiary/aromatic N) is 5. The maximum absolute atomic E-state index is 12.9. The van der Waals surface area contributed by atoms with E-state index in [1.807, 2.05) is 11.0 Å². The van der Waals surface area contributed by atoms with Crippen LogP contribution in [-0.2, 0) is 9.59 Å². The molecule has 1 atom stereocenters. The molecule has 4 heterocycles. The predicted octanol–water partition coefficient (Wildman–Crippen LogP) is 0.806. The monoisotopic (exact) mass is 398 g/mol. The predicted molar refractivity (Wildman–Crippen MR) is 105 cm³/mol. The van der Waals surface area contributed by atoms with E-state index in [1.165, 1.54) is 6.92 Å². The lowest BCUT2D eigenvalue weighted by Gasteiger charge is -2.35. The van der Waals surface area contributed by atoms with Gasteiger partial charge in [-0.05, 0) is 31.7 Å². The number of hydrogen-bond acceptors (Lipinski definition) is 5. The molecule has 2 aliphatic rings. The molecule has 0 radical (unpaired) electrons. The van der Waals surface area contributed by atoms with E-state index < -0.39 is 0 Å². The zero-order valence-electron chi connectivity index (χ0n) is 16.8. The van der Waals surface area contributed by atoms with Gasteiger partial charge in [0.15, 0.2) is 5.65 Å². The quantitative estimate of drug-likeness (QED) is 0.825. The van der Waals surface area contributed by atoms with Crippen LogP contribution >= 0.6 is 0 Å². The van der Waals surface area contributed by atoms with Crippen LogP contribution in [-0.4, -0.2) is 74.8 Å². The molecule has 3 amide bonds. The standard InChI is InChI=1S/C20H26N6O3/c1-13(27)25-9-3-4-17(25)20(29)24-10-6-14(7-11-24)16-5-8-22-18-15(19(28)21-2)12-23-26(16)18/h5,8,12,14,17H,3-4,6-7,9-11H2,1-2H3,(H,21,28)/t17-/m0/s1. The molecular weight excluding hydrogens is 372 g/mol. The first-order chi connectivity index (χ1) is 14.0. The molecule has 2 aromatic heterocycles. The zero-order valence-corrected chi connectivity index (χ0v) is 16.8. The van der Waals surface area contributed by atoms with Crippen molar-refractivity contribution in [2.24, 2.45) is 0 Å². The molecule has 2 fully saturated rings. The van der Waals surface area contributed by atoms with Crippen molar-refractivity contribution >= 4 is 23.4 Å². The maximum Gasteiger partial charge on any atom is 0.256 e. The Balaban J connectivity index is 1.47. The van der Waals surface area contributed by atoms with E-state index in [1.54, 1.807) is 28.9 Å². The highest BCUT2D eigenvalue weighted by Gasteiger charge is 2.36. The summed E-state index contributed by atoms with van der Waals surface area (Å²) in [6.07, 6.45) is 6.51. The lowest BCUT2D eigenvalue weighted by molar-refractivity contribution is -0.143. The second-order valence-electron chi connectivity index (χ2n) is 7.71. The van der Waals surface area contributed by atoms with E-state index in [2.05, 4.69) is 15.4 Å². The van der Waals surface area contributed by atoms with Gasteiger partial charge < -0.3 is 15.1 Å². The molecular formula is C20H26N6O3. The molecule has 2 aliphatic heterocycles. The van der Waals surface area contributed by atoms with Gasteiger partial charge in [0.1, 0.15) is 11.6 Å². The van der Waals surface area contributed by atoms with Crippen LogP contribution in [0.1, 0.15) is 54.6 Å². The van der Waals surface area contributed by atoms with Crippen molar-refractivity contribution in [2.75, 3.05) is 26.7 Å². The highest BCUT2D eigenvalue weighted by Crippen LogP contribution is 2.30. The third kappa shape index (κ3) is 3.45. The van der Waals surface area contributed by atoms with Gasteiger partial charge in [0.2, 0.25) is 11.8 Å². The van der Waals surface area contributed by atoms with Gasteiger partial charge >= 0.3 is 0 Å². The van der Waals surface area contributed by atoms with Crippen molar-refractivity contribution in [3.8, 4) is 0 Å². The van der Waals surface area contributed by atoms with Crippen LogP contribution in [0.3, 0.4) is 0 Å². The Hall–Kier alpha value is -2.97. The van der Waals surface area contributed by atoms with E-state index in [9.17, 15) is 14.4 Å². The fourth-order valence-corrected chi connectivity index (χ4v) is 4.52. The third-order valence-electron chi connectivity index (χ3n) is 6.07. The molecule has 9 heteroatoms. The number of nitrogens with one attached hydrogen (secondary N) is 1. The minimum atomic E-state index is -0.307. The minimum Gasteiger partial charge on any atom is -0.355 e. The fourth-order valence-electron chi connectivity index (χ4n) is 4.52. The smallest absolute Gasteiger partial charge is 0.256 e. The first-order valence-electron chi connectivity index (χ1n) is 10.1. The molecule has 2 aromatic rings. The number of carbonyl (C=O) groups excluding carboxylic acids is 3. The Bertz CT molecular complexity index is 947. The Morgan fingerprint density at radius 2 is 1.90 bits per heavy atom. The van der Waals surface area contributed by atoms with E-state index in [0.29, 0.717) is 30.8 Å². The first kappa shape index (κ1) is 19.4. The van der Waals surface area contributed by atoms with Gasteiger partial charge in [-0.3, -0.25) is 14.4 Å². The maximum atomic E-state index is 12.9. The molecule has 0 saturated carbocycles. The van der Waals surface area contributed by atoms with Crippen molar-refractivity contribution in [3.05, 3.63) is 29.7 Å². The van der Waals surface area contributed by atoms with Crippen molar-refractivity contribution in [1.82, 2.24) is 29.7 Å². The topological polar surface area (TPSA) is 99.9 Å². The van der Waals surface area contributed by atoms with E-state index in [4.69, 9.17) is 0 Å². The Labute approximate surface area is 169 Å². The molecule has 0 spiro atoms. The zero-order chi connectivity index (χ0) is 20.5. The average molecular weight is 398 g/mol. The Kier molecular flexibility index (Phi) is 5.21. The van der Waals surface area contributed by atoms with Crippen molar-refractivity contribution in [1.29, 1.82) is 0 Å². The number of carbonyl (C=O) groups is 3. The van der Waals surface area contributed by atoms with Crippen LogP contribution in [0.4, 0.5) is 0 Å². The van der Waals surface area contributed by atoms with Crippen LogP contribution in [0.15, 0.2) is 18.5 Å². The largest absolute Gasteiger partial charge is 0.355 e. The summed E-state index contributed by atoms with van der Waals surface area (Å²) in [7, 11) is 1.58. The number of amides is 3. The van der Waals surface area contributed by atoms with Gasteiger partial charge in [-0.15, -0.1) is 0 Å². The number of aromatic nitrogens is 3. The summed E-state index contributed by atoms with van der Waals surface area (Å²) < 4.78 is 1.74. The van der Waals surface area contributed by atoms with E-state index in [-0.39, 0.29) is 29.7 Å². The summed E-state index contributed by atoms with van der Waals surface area (Å²) in [4.78, 5) is 44.7. The first-order valence-corrected chi connectivity index (χ1v) is 10.1. The van der Waals surface area contributed by atoms with Gasteiger partial charge in [-0.25, -0.2) is 9.50 Å². The van der Waals surface area contributed by atoms with Gasteiger partial charge in [-0.2, -0.15) is 5.10 Å². The molecule has 2 saturated heterocycles. The molecule has 0 bridgehead atoms. The Morgan fingerprint density at radius 3 is 2.59 bits per heavy atom. The SMILES string of the molecule is CNC(=O)c1cnn2c(C3CCN(C(=O)[C@@H]4CCCN4C(C)=O)CC3)ccnc12. The molecule has 9 nitrogen and oxygen atoms in total. The van der Waals surface area contributed by atoms with Gasteiger partial charge in [-0.1, -0.05) is 0 Å². The number of rotatable bonds is 3. The van der Waals surface area contributed by atoms with Crippen LogP contribution in [0.25, 0.3) is 5.65 Å². The summed E-state index contributed by atoms with van der Waals surface area (Å²) in [5.41, 5.74) is 2.00. The fraction of sp³-hybridized carbons (Fsp3) is 0.550. The van der Waals surface area contributed by atoms with Crippen LogP contribution in [0.2, 0.25) is 0 Å². The van der Waals surface area contributed by atoms with Crippen molar-refractivity contribution in [3.63, 3.8) is 0 Å². The van der Waals surface area contributed by atoms with Crippen LogP contribution in [0, 0.1) is 0 Å².